The van der Waals surface area contributed by atoms with Crippen LogP contribution in [0.15, 0.2) is 29.0 Å². The van der Waals surface area contributed by atoms with Crippen molar-refractivity contribution >= 4 is 31.2 Å². The van der Waals surface area contributed by atoms with Crippen molar-refractivity contribution in [1.82, 2.24) is 4.90 Å². The number of piperidine rings is 1. The lowest BCUT2D eigenvalue weighted by Crippen LogP contribution is -2.51. The third kappa shape index (κ3) is 6.95. The van der Waals surface area contributed by atoms with Gasteiger partial charge in [-0.3, -0.25) is 14.9 Å². The summed E-state index contributed by atoms with van der Waals surface area (Å²) in [7, 11) is -0.592. The van der Waals surface area contributed by atoms with E-state index in [0.29, 0.717) is 31.4 Å². The Morgan fingerprint density at radius 1 is 1.26 bits per heavy atom. The van der Waals surface area contributed by atoms with Gasteiger partial charge in [0, 0.05) is 12.6 Å². The van der Waals surface area contributed by atoms with Crippen LogP contribution in [-0.4, -0.2) is 57.0 Å². The lowest BCUT2D eigenvalue weighted by atomic mass is 9.86. The Bertz CT molecular complexity index is 1100. The molecule has 210 valence electrons. The van der Waals surface area contributed by atoms with Crippen LogP contribution >= 0.6 is 11.3 Å². The molecule has 1 aliphatic rings. The number of carbonyl (C=O) groups excluding carboxylic acids is 1. The maximum atomic E-state index is 14.0. The Hall–Kier alpha value is -2.43. The predicted octanol–water partition coefficient (Wildman–Crippen LogP) is 7.25. The van der Waals surface area contributed by atoms with Gasteiger partial charge in [-0.05, 0) is 65.7 Å². The number of unbranched alkanes of at least 4 members (excludes halogenated alkanes) is 1. The summed E-state index contributed by atoms with van der Waals surface area (Å²) in [6.07, 6.45) is 3.29. The van der Waals surface area contributed by atoms with Crippen LogP contribution in [0.3, 0.4) is 0 Å². The third-order valence-corrected chi connectivity index (χ3v) is 13.1. The molecule has 0 spiro atoms. The van der Waals surface area contributed by atoms with Gasteiger partial charge in [-0.2, -0.15) is 11.3 Å². The van der Waals surface area contributed by atoms with E-state index in [1.807, 2.05) is 6.92 Å². The molecule has 2 atom stereocenters. The molecule has 1 aromatic carbocycles. The molecule has 10 heteroatoms. The molecule has 1 saturated heterocycles. The van der Waals surface area contributed by atoms with Gasteiger partial charge in [0.15, 0.2) is 19.8 Å². The van der Waals surface area contributed by atoms with Gasteiger partial charge in [0.05, 0.1) is 37.4 Å². The lowest BCUT2D eigenvalue weighted by molar-refractivity contribution is -0.385. The highest BCUT2D eigenvalue weighted by Gasteiger charge is 2.41. The van der Waals surface area contributed by atoms with Gasteiger partial charge in [-0.15, -0.1) is 0 Å². The molecule has 1 fully saturated rings. The maximum Gasteiger partial charge on any atom is 0.286 e. The van der Waals surface area contributed by atoms with E-state index in [1.54, 1.807) is 16.2 Å². The summed E-state index contributed by atoms with van der Waals surface area (Å²) in [4.78, 5) is 27.3. The smallest absolute Gasteiger partial charge is 0.286 e. The molecule has 2 heterocycles. The van der Waals surface area contributed by atoms with E-state index in [0.717, 1.165) is 25.7 Å². The van der Waals surface area contributed by atoms with Crippen LogP contribution < -0.4 is 9.47 Å². The summed E-state index contributed by atoms with van der Waals surface area (Å²) in [5.74, 6) is 0.537. The van der Waals surface area contributed by atoms with Crippen LogP contribution in [0, 0.1) is 10.1 Å². The number of likely N-dealkylation sites (tertiary alicyclic amines) is 1. The summed E-state index contributed by atoms with van der Waals surface area (Å²) < 4.78 is 17.8. The maximum absolute atomic E-state index is 14.0. The van der Waals surface area contributed by atoms with Gasteiger partial charge < -0.3 is 18.8 Å². The molecule has 1 unspecified atom stereocenters. The molecule has 2 aromatic rings. The molecule has 3 rings (SSSR count). The van der Waals surface area contributed by atoms with Crippen molar-refractivity contribution in [3.8, 4) is 11.5 Å². The fourth-order valence-electron chi connectivity index (χ4n) is 4.43. The average Bonchev–Trinajstić information content (AvgIpc) is 3.41. The second kappa shape index (κ2) is 12.6. The van der Waals surface area contributed by atoms with Crippen LogP contribution in [-0.2, 0) is 4.43 Å². The second-order valence-corrected chi connectivity index (χ2v) is 17.1. The van der Waals surface area contributed by atoms with Gasteiger partial charge in [-0.1, -0.05) is 34.1 Å². The van der Waals surface area contributed by atoms with Gasteiger partial charge in [0.1, 0.15) is 5.56 Å². The first-order chi connectivity index (χ1) is 17.9. The first kappa shape index (κ1) is 30.1. The zero-order valence-electron chi connectivity index (χ0n) is 23.7. The van der Waals surface area contributed by atoms with Crippen molar-refractivity contribution in [2.45, 2.75) is 83.5 Å². The van der Waals surface area contributed by atoms with Gasteiger partial charge >= 0.3 is 0 Å². The van der Waals surface area contributed by atoms with Crippen LogP contribution in [0.25, 0.3) is 0 Å². The van der Waals surface area contributed by atoms with Crippen LogP contribution in [0.2, 0.25) is 18.1 Å². The first-order valence-electron chi connectivity index (χ1n) is 13.4. The van der Waals surface area contributed by atoms with Crippen molar-refractivity contribution in [1.29, 1.82) is 0 Å². The number of rotatable bonds is 11. The number of nitrogens with zero attached hydrogens (tertiary/aromatic N) is 2. The normalized spacial score (nSPS) is 18.3. The van der Waals surface area contributed by atoms with Gasteiger partial charge in [-0.25, -0.2) is 0 Å². The SMILES string of the molecule is CCCCOc1cc([N+](=O)[O-])c(C(=O)N2CCC(c3ccsc3)C[C@H]2CO[Si](C)(C)C(C)(C)C)cc1OC. The van der Waals surface area contributed by atoms with Crippen molar-refractivity contribution in [3.63, 3.8) is 0 Å². The summed E-state index contributed by atoms with van der Waals surface area (Å²) in [6, 6.07) is 4.73. The number of ether oxygens (including phenoxy) is 2. The summed E-state index contributed by atoms with van der Waals surface area (Å²) in [6.45, 7) is 14.3. The zero-order valence-corrected chi connectivity index (χ0v) is 25.6. The first-order valence-corrected chi connectivity index (χ1v) is 17.2. The van der Waals surface area contributed by atoms with E-state index < -0.39 is 13.2 Å². The summed E-state index contributed by atoms with van der Waals surface area (Å²) in [5.41, 5.74) is 1.02. The van der Waals surface area contributed by atoms with Crippen LogP contribution in [0.1, 0.15) is 75.2 Å². The van der Waals surface area contributed by atoms with Crippen molar-refractivity contribution in [3.05, 3.63) is 50.2 Å². The highest BCUT2D eigenvalue weighted by molar-refractivity contribution is 7.08. The van der Waals surface area contributed by atoms with Gasteiger partial charge in [0.25, 0.3) is 11.6 Å². The highest BCUT2D eigenvalue weighted by Crippen LogP contribution is 2.40. The lowest BCUT2D eigenvalue weighted by Gasteiger charge is -2.43. The molecule has 0 radical (unpaired) electrons. The molecular weight excluding hydrogens is 520 g/mol. The minimum atomic E-state index is -2.07. The largest absolute Gasteiger partial charge is 0.493 e. The monoisotopic (exact) mass is 562 g/mol. The van der Waals surface area contributed by atoms with Crippen LogP contribution in [0.4, 0.5) is 5.69 Å². The number of hydrogen-bond donors (Lipinski definition) is 0. The average molecular weight is 563 g/mol. The number of amides is 1. The van der Waals surface area contributed by atoms with E-state index >= 15 is 0 Å². The van der Waals surface area contributed by atoms with Crippen molar-refractivity contribution < 1.29 is 23.6 Å². The van der Waals surface area contributed by atoms with E-state index in [-0.39, 0.29) is 34.0 Å². The molecule has 0 aliphatic carbocycles. The molecule has 1 aliphatic heterocycles. The number of thiophene rings is 1. The Morgan fingerprint density at radius 3 is 2.58 bits per heavy atom. The topological polar surface area (TPSA) is 91.1 Å². The van der Waals surface area contributed by atoms with E-state index in [1.165, 1.54) is 24.8 Å². The summed E-state index contributed by atoms with van der Waals surface area (Å²) >= 11 is 1.67. The highest BCUT2D eigenvalue weighted by atomic mass is 32.1. The van der Waals surface area contributed by atoms with E-state index in [9.17, 15) is 14.9 Å². The fraction of sp³-hybridized carbons (Fsp3) is 0.607. The standard InChI is InChI=1S/C28H42N2O6SSi/c1-8-9-13-35-26-17-24(30(32)33)23(16-25(26)34-5)27(31)29-12-10-20(21-11-14-37-19-21)15-22(29)18-36-38(6,7)28(2,3)4/h11,14,16-17,19-20,22H,8-10,12-13,15,18H2,1-7H3/t20?,22-/m0/s1. The molecular formula is C28H42N2O6SSi. The predicted molar refractivity (Wildman–Crippen MR) is 154 cm³/mol. The number of benzene rings is 1. The third-order valence-electron chi connectivity index (χ3n) is 7.90. The Labute approximate surface area is 231 Å². The minimum Gasteiger partial charge on any atom is -0.493 e. The van der Waals surface area contributed by atoms with Crippen LogP contribution in [0.5, 0.6) is 11.5 Å². The molecule has 0 saturated carbocycles. The quantitative estimate of drug-likeness (QED) is 0.124. The Kier molecular flexibility index (Phi) is 10.00. The second-order valence-electron chi connectivity index (χ2n) is 11.5. The molecule has 38 heavy (non-hydrogen) atoms. The van der Waals surface area contributed by atoms with E-state index in [4.69, 9.17) is 13.9 Å². The van der Waals surface area contributed by atoms with Crippen molar-refractivity contribution in [2.75, 3.05) is 26.9 Å². The minimum absolute atomic E-state index is 0.0148. The zero-order chi connectivity index (χ0) is 28.1. The van der Waals surface area contributed by atoms with Gasteiger partial charge in [0.2, 0.25) is 0 Å². The molecule has 1 amide bonds. The van der Waals surface area contributed by atoms with E-state index in [2.05, 4.69) is 50.7 Å². The number of carbonyl (C=O) groups is 1. The Morgan fingerprint density at radius 2 is 2.00 bits per heavy atom. The number of hydrogen-bond acceptors (Lipinski definition) is 7. The number of nitro groups is 1. The number of nitro benzene ring substituents is 1. The fourth-order valence-corrected chi connectivity index (χ4v) is 6.22. The van der Waals surface area contributed by atoms with Crippen molar-refractivity contribution in [2.24, 2.45) is 0 Å². The Balaban J connectivity index is 1.94. The molecule has 0 N–H and O–H groups in total. The molecule has 1 aromatic heterocycles. The summed E-state index contributed by atoms with van der Waals surface area (Å²) in [5, 5.41) is 16.3. The molecule has 0 bridgehead atoms. The number of methoxy groups -OCH3 is 1. The molecule has 8 nitrogen and oxygen atoms in total.